The first kappa shape index (κ1) is 18.7. The Morgan fingerprint density at radius 3 is 2.18 bits per heavy atom. The molecule has 0 radical (unpaired) electrons. The molecule has 1 heterocycles. The summed E-state index contributed by atoms with van der Waals surface area (Å²) in [6.45, 7) is 4.21. The molecule has 0 atom stereocenters. The fourth-order valence-corrected chi connectivity index (χ4v) is 2.96. The van der Waals surface area contributed by atoms with Gasteiger partial charge in [0, 0.05) is 13.3 Å². The van der Waals surface area contributed by atoms with E-state index in [-0.39, 0.29) is 6.54 Å². The fraction of sp³-hybridized carbons (Fsp3) is 0.778. The molecule has 1 aromatic rings. The van der Waals surface area contributed by atoms with Crippen LogP contribution in [0.5, 0.6) is 0 Å². The zero-order valence-electron chi connectivity index (χ0n) is 14.6. The van der Waals surface area contributed by atoms with Crippen molar-refractivity contribution in [2.75, 3.05) is 0 Å². The van der Waals surface area contributed by atoms with E-state index >= 15 is 0 Å². The minimum absolute atomic E-state index is 0.0472. The maximum Gasteiger partial charge on any atom is 0.256 e. The van der Waals surface area contributed by atoms with Crippen molar-refractivity contribution in [1.29, 1.82) is 0 Å². The second-order valence-electron chi connectivity index (χ2n) is 6.32. The minimum atomic E-state index is -1.02. The number of aryl methyl sites for hydroxylation is 1. The van der Waals surface area contributed by atoms with Gasteiger partial charge in [-0.2, -0.15) is 0 Å². The van der Waals surface area contributed by atoms with Crippen LogP contribution >= 0.6 is 0 Å². The molecule has 0 N–H and O–H groups in total. The molecule has 0 aliphatic carbocycles. The van der Waals surface area contributed by atoms with Crippen LogP contribution < -0.4 is 9.67 Å². The van der Waals surface area contributed by atoms with Crippen molar-refractivity contribution in [3.63, 3.8) is 0 Å². The normalized spacial score (nSPS) is 11.0. The average molecular weight is 308 g/mol. The molecule has 0 aromatic carbocycles. The third-order valence-corrected chi connectivity index (χ3v) is 4.39. The molecule has 126 valence electrons. The van der Waals surface area contributed by atoms with E-state index in [0.717, 1.165) is 24.4 Å². The monoisotopic (exact) mass is 308 g/mol. The summed E-state index contributed by atoms with van der Waals surface area (Å²) in [5.74, 6) is 0.0635. The number of aromatic nitrogens is 2. The van der Waals surface area contributed by atoms with Crippen LogP contribution in [0, 0.1) is 6.92 Å². The Balaban J connectivity index is 2.25. The lowest BCUT2D eigenvalue weighted by Gasteiger charge is -2.04. The van der Waals surface area contributed by atoms with Gasteiger partial charge in [-0.1, -0.05) is 58.3 Å². The smallest absolute Gasteiger partial charge is 0.256 e. The Hall–Kier alpha value is -1.32. The number of carbonyl (C=O) groups excluding carboxylic acids is 1. The SMILES string of the molecule is CCCCCCCCCCCc1n(C)c(C)c[n+]1CC(=O)[O-]. The van der Waals surface area contributed by atoms with Gasteiger partial charge in [0.1, 0.15) is 18.4 Å². The van der Waals surface area contributed by atoms with Crippen molar-refractivity contribution < 1.29 is 14.5 Å². The van der Waals surface area contributed by atoms with Gasteiger partial charge in [0.25, 0.3) is 5.82 Å². The van der Waals surface area contributed by atoms with Gasteiger partial charge >= 0.3 is 0 Å². The van der Waals surface area contributed by atoms with Crippen molar-refractivity contribution in [3.8, 4) is 0 Å². The number of carboxylic acids is 1. The van der Waals surface area contributed by atoms with E-state index < -0.39 is 5.97 Å². The first-order valence-corrected chi connectivity index (χ1v) is 8.80. The summed E-state index contributed by atoms with van der Waals surface area (Å²) in [6, 6.07) is 0. The molecule has 0 amide bonds. The van der Waals surface area contributed by atoms with Crippen LogP contribution in [-0.2, 0) is 24.8 Å². The highest BCUT2D eigenvalue weighted by Crippen LogP contribution is 2.11. The highest BCUT2D eigenvalue weighted by molar-refractivity contribution is 5.62. The van der Waals surface area contributed by atoms with E-state index in [2.05, 4.69) is 11.5 Å². The molecule has 0 spiro atoms. The van der Waals surface area contributed by atoms with Crippen LogP contribution in [0.3, 0.4) is 0 Å². The number of imidazole rings is 1. The number of rotatable bonds is 12. The van der Waals surface area contributed by atoms with Crippen LogP contribution in [0.15, 0.2) is 6.20 Å². The Kier molecular flexibility index (Phi) is 8.86. The molecule has 1 rings (SSSR count). The highest BCUT2D eigenvalue weighted by Gasteiger charge is 2.17. The van der Waals surface area contributed by atoms with E-state index in [1.54, 1.807) is 0 Å². The Labute approximate surface area is 135 Å². The molecule has 0 fully saturated rings. The van der Waals surface area contributed by atoms with Crippen molar-refractivity contribution in [2.45, 2.75) is 84.6 Å². The zero-order valence-corrected chi connectivity index (χ0v) is 14.6. The molecule has 4 heteroatoms. The lowest BCUT2D eigenvalue weighted by Crippen LogP contribution is -2.45. The molecule has 0 saturated carbocycles. The Morgan fingerprint density at radius 2 is 1.64 bits per heavy atom. The van der Waals surface area contributed by atoms with Gasteiger partial charge in [-0.05, 0) is 6.42 Å². The molecule has 4 nitrogen and oxygen atoms in total. The zero-order chi connectivity index (χ0) is 16.4. The molecule has 0 bridgehead atoms. The second kappa shape index (κ2) is 10.4. The van der Waals surface area contributed by atoms with Gasteiger partial charge in [-0.3, -0.25) is 0 Å². The van der Waals surface area contributed by atoms with Crippen LogP contribution in [-0.4, -0.2) is 10.5 Å². The lowest BCUT2D eigenvalue weighted by atomic mass is 10.1. The summed E-state index contributed by atoms with van der Waals surface area (Å²) in [5.41, 5.74) is 1.09. The maximum atomic E-state index is 10.8. The van der Waals surface area contributed by atoms with E-state index in [1.165, 1.54) is 51.4 Å². The van der Waals surface area contributed by atoms with Crippen molar-refractivity contribution in [2.24, 2.45) is 7.05 Å². The number of carboxylic acid groups (broad SMARTS) is 1. The number of aliphatic carboxylic acids is 1. The largest absolute Gasteiger partial charge is 0.546 e. The molecule has 0 unspecified atom stereocenters. The first-order chi connectivity index (χ1) is 10.6. The van der Waals surface area contributed by atoms with Crippen LogP contribution in [0.2, 0.25) is 0 Å². The summed E-state index contributed by atoms with van der Waals surface area (Å²) in [6.07, 6.45) is 14.6. The maximum absolute atomic E-state index is 10.8. The molecule has 1 aromatic heterocycles. The predicted octanol–water partition coefficient (Wildman–Crippen LogP) is 2.44. The average Bonchev–Trinajstić information content (AvgIpc) is 2.72. The van der Waals surface area contributed by atoms with E-state index in [4.69, 9.17) is 0 Å². The Morgan fingerprint density at radius 1 is 1.09 bits per heavy atom. The molecular weight excluding hydrogens is 276 g/mol. The van der Waals surface area contributed by atoms with Gasteiger partial charge in [0.15, 0.2) is 0 Å². The lowest BCUT2D eigenvalue weighted by molar-refractivity contribution is -0.697. The second-order valence-corrected chi connectivity index (χ2v) is 6.32. The van der Waals surface area contributed by atoms with Gasteiger partial charge in [-0.25, -0.2) is 9.13 Å². The summed E-state index contributed by atoms with van der Waals surface area (Å²) >= 11 is 0. The number of carbonyl (C=O) groups is 1. The predicted molar refractivity (Wildman–Crippen MR) is 86.3 cm³/mol. The number of hydrogen-bond donors (Lipinski definition) is 0. The fourth-order valence-electron chi connectivity index (χ4n) is 2.96. The Bertz CT molecular complexity index is 452. The summed E-state index contributed by atoms with van der Waals surface area (Å²) in [7, 11) is 2.00. The number of unbranched alkanes of at least 4 members (excludes halogenated alkanes) is 8. The molecule has 0 aliphatic rings. The molecule has 0 aliphatic heterocycles. The van der Waals surface area contributed by atoms with Gasteiger partial charge in [0.05, 0.1) is 13.0 Å². The standard InChI is InChI=1S/C18H32N2O2/c1-4-5-6-7-8-9-10-11-12-13-17-19(3)16(2)14-20(17)15-18(21)22/h14H,4-13,15H2,1-3H3. The van der Waals surface area contributed by atoms with Gasteiger partial charge in [-0.15, -0.1) is 0 Å². The topological polar surface area (TPSA) is 48.9 Å². The van der Waals surface area contributed by atoms with E-state index in [9.17, 15) is 9.90 Å². The summed E-state index contributed by atoms with van der Waals surface area (Å²) < 4.78 is 3.91. The first-order valence-electron chi connectivity index (χ1n) is 8.80. The molecule has 22 heavy (non-hydrogen) atoms. The number of hydrogen-bond acceptors (Lipinski definition) is 2. The van der Waals surface area contributed by atoms with Gasteiger partial charge < -0.3 is 9.90 Å². The summed E-state index contributed by atoms with van der Waals surface area (Å²) in [4.78, 5) is 10.8. The van der Waals surface area contributed by atoms with Crippen LogP contribution in [0.4, 0.5) is 0 Å². The molecule has 0 saturated heterocycles. The van der Waals surface area contributed by atoms with Crippen LogP contribution in [0.25, 0.3) is 0 Å². The van der Waals surface area contributed by atoms with Crippen LogP contribution in [0.1, 0.15) is 76.2 Å². The minimum Gasteiger partial charge on any atom is -0.546 e. The van der Waals surface area contributed by atoms with Crippen molar-refractivity contribution >= 4 is 5.97 Å². The third kappa shape index (κ3) is 6.63. The van der Waals surface area contributed by atoms with Crippen molar-refractivity contribution in [3.05, 3.63) is 17.7 Å². The van der Waals surface area contributed by atoms with E-state index in [0.29, 0.717) is 0 Å². The quantitative estimate of drug-likeness (QED) is 0.440. The third-order valence-electron chi connectivity index (χ3n) is 4.39. The highest BCUT2D eigenvalue weighted by atomic mass is 16.4. The summed E-state index contributed by atoms with van der Waals surface area (Å²) in [5, 5.41) is 10.8. The number of nitrogens with zero attached hydrogens (tertiary/aromatic N) is 2. The molecular formula is C18H32N2O2. The van der Waals surface area contributed by atoms with E-state index in [1.807, 2.05) is 24.7 Å². The van der Waals surface area contributed by atoms with Crippen molar-refractivity contribution in [1.82, 2.24) is 4.57 Å². The van der Waals surface area contributed by atoms with Gasteiger partial charge in [0.2, 0.25) is 0 Å².